The van der Waals surface area contributed by atoms with Gasteiger partial charge in [0.05, 0.1) is 17.9 Å². The first-order valence-electron chi connectivity index (χ1n) is 6.38. The van der Waals surface area contributed by atoms with Crippen molar-refractivity contribution in [2.24, 2.45) is 0 Å². The van der Waals surface area contributed by atoms with Gasteiger partial charge in [-0.25, -0.2) is 13.2 Å². The van der Waals surface area contributed by atoms with Crippen LogP contribution in [0.25, 0.3) is 0 Å². The van der Waals surface area contributed by atoms with Gasteiger partial charge >= 0.3 is 5.97 Å². The van der Waals surface area contributed by atoms with Crippen molar-refractivity contribution < 1.29 is 23.1 Å². The summed E-state index contributed by atoms with van der Waals surface area (Å²) >= 11 is 0. The highest BCUT2D eigenvalue weighted by atomic mass is 32.2. The van der Waals surface area contributed by atoms with Crippen LogP contribution in [0.3, 0.4) is 0 Å². The minimum atomic E-state index is -3.44. The number of hydrogen-bond donors (Lipinski definition) is 1. The molecule has 1 saturated carbocycles. The van der Waals surface area contributed by atoms with Gasteiger partial charge in [-0.3, -0.25) is 0 Å². The molecule has 2 fully saturated rings. The van der Waals surface area contributed by atoms with Crippen molar-refractivity contribution in [3.63, 3.8) is 0 Å². The number of carboxylic acid groups (broad SMARTS) is 1. The third-order valence-electron chi connectivity index (χ3n) is 3.74. The predicted octanol–water partition coefficient (Wildman–Crippen LogP) is 0.600. The minimum Gasteiger partial charge on any atom is -0.479 e. The van der Waals surface area contributed by atoms with Gasteiger partial charge < -0.3 is 9.84 Å². The summed E-state index contributed by atoms with van der Waals surface area (Å²) < 4.78 is 31.2. The molecule has 1 atom stereocenters. The number of carbonyl (C=O) groups is 1. The lowest BCUT2D eigenvalue weighted by Gasteiger charge is -2.49. The largest absolute Gasteiger partial charge is 0.479 e. The summed E-state index contributed by atoms with van der Waals surface area (Å²) in [6, 6.07) is 0. The maximum atomic E-state index is 12.2. The molecule has 1 unspecified atom stereocenters. The van der Waals surface area contributed by atoms with Gasteiger partial charge in [0, 0.05) is 6.54 Å². The molecule has 19 heavy (non-hydrogen) atoms. The molecule has 0 aromatic heterocycles. The lowest BCUT2D eigenvalue weighted by molar-refractivity contribution is -0.195. The maximum absolute atomic E-state index is 12.2. The average molecular weight is 289 g/mol. The fourth-order valence-corrected chi connectivity index (χ4v) is 4.01. The summed E-state index contributed by atoms with van der Waals surface area (Å²) in [6.07, 6.45) is 3.25. The third-order valence-corrected chi connectivity index (χ3v) is 5.56. The quantitative estimate of drug-likeness (QED) is 0.749. The molecule has 1 saturated heterocycles. The monoisotopic (exact) mass is 289 g/mol. The second-order valence-electron chi connectivity index (χ2n) is 5.17. The molecule has 0 aromatic rings. The number of sulfonamides is 1. The Labute approximate surface area is 113 Å². The van der Waals surface area contributed by atoms with E-state index in [1.54, 1.807) is 6.08 Å². The van der Waals surface area contributed by atoms with Gasteiger partial charge in [0.25, 0.3) is 0 Å². The van der Waals surface area contributed by atoms with E-state index < -0.39 is 27.7 Å². The van der Waals surface area contributed by atoms with Crippen molar-refractivity contribution in [3.05, 3.63) is 12.7 Å². The fraction of sp³-hybridized carbons (Fsp3) is 0.750. The summed E-state index contributed by atoms with van der Waals surface area (Å²) in [5.74, 6) is -1.13. The van der Waals surface area contributed by atoms with Gasteiger partial charge in [-0.15, -0.1) is 6.58 Å². The zero-order valence-electron chi connectivity index (χ0n) is 10.7. The van der Waals surface area contributed by atoms with Crippen LogP contribution in [0.5, 0.6) is 0 Å². The number of carboxylic acids is 1. The molecule has 1 aliphatic heterocycles. The predicted molar refractivity (Wildman–Crippen MR) is 69.3 cm³/mol. The van der Waals surface area contributed by atoms with Crippen LogP contribution in [0.15, 0.2) is 12.7 Å². The minimum absolute atomic E-state index is 0.0289. The molecular weight excluding hydrogens is 270 g/mol. The Morgan fingerprint density at radius 3 is 2.68 bits per heavy atom. The first-order chi connectivity index (χ1) is 8.88. The topological polar surface area (TPSA) is 83.9 Å². The molecule has 0 radical (unpaired) electrons. The van der Waals surface area contributed by atoms with Crippen LogP contribution in [0, 0.1) is 0 Å². The first-order valence-corrected chi connectivity index (χ1v) is 7.99. The summed E-state index contributed by atoms with van der Waals surface area (Å²) in [5, 5.41) is 9.09. The SMILES string of the molecule is C=CCCS(=O)(=O)N1CC(C(=O)O)OC2(CCC2)C1. The van der Waals surface area contributed by atoms with Crippen molar-refractivity contribution in [3.8, 4) is 0 Å². The Kier molecular flexibility index (Phi) is 3.98. The maximum Gasteiger partial charge on any atom is 0.334 e. The van der Waals surface area contributed by atoms with Crippen LogP contribution >= 0.6 is 0 Å². The molecule has 0 amide bonds. The molecule has 6 nitrogen and oxygen atoms in total. The highest BCUT2D eigenvalue weighted by Crippen LogP contribution is 2.40. The van der Waals surface area contributed by atoms with Gasteiger partial charge in [-0.1, -0.05) is 6.08 Å². The summed E-state index contributed by atoms with van der Waals surface area (Å²) in [6.45, 7) is 3.68. The molecule has 7 heteroatoms. The van der Waals surface area contributed by atoms with Crippen molar-refractivity contribution in [1.82, 2.24) is 4.31 Å². The van der Waals surface area contributed by atoms with E-state index in [4.69, 9.17) is 9.84 Å². The molecule has 2 aliphatic rings. The van der Waals surface area contributed by atoms with Gasteiger partial charge in [-0.05, 0) is 25.7 Å². The number of allylic oxidation sites excluding steroid dienone is 1. The highest BCUT2D eigenvalue weighted by Gasteiger charge is 2.49. The van der Waals surface area contributed by atoms with Gasteiger partial charge in [0.15, 0.2) is 6.10 Å². The Balaban J connectivity index is 2.15. The Morgan fingerprint density at radius 2 is 2.21 bits per heavy atom. The van der Waals surface area contributed by atoms with Gasteiger partial charge in [0.1, 0.15) is 0 Å². The van der Waals surface area contributed by atoms with Gasteiger partial charge in [0.2, 0.25) is 10.0 Å². The van der Waals surface area contributed by atoms with E-state index in [0.717, 1.165) is 19.3 Å². The number of aliphatic carboxylic acids is 1. The van der Waals surface area contributed by atoms with E-state index >= 15 is 0 Å². The summed E-state index contributed by atoms with van der Waals surface area (Å²) in [4.78, 5) is 11.1. The molecule has 0 aromatic carbocycles. The van der Waals surface area contributed by atoms with Crippen LogP contribution < -0.4 is 0 Å². The Morgan fingerprint density at radius 1 is 1.53 bits per heavy atom. The molecule has 0 bridgehead atoms. The highest BCUT2D eigenvalue weighted by molar-refractivity contribution is 7.89. The van der Waals surface area contributed by atoms with Gasteiger partial charge in [-0.2, -0.15) is 4.31 Å². The Hall–Kier alpha value is -0.920. The van der Waals surface area contributed by atoms with E-state index in [1.807, 2.05) is 0 Å². The molecule has 2 rings (SSSR count). The van der Waals surface area contributed by atoms with Crippen LogP contribution in [0.1, 0.15) is 25.7 Å². The molecule has 1 aliphatic carbocycles. The van der Waals surface area contributed by atoms with E-state index in [0.29, 0.717) is 6.42 Å². The van der Waals surface area contributed by atoms with Crippen molar-refractivity contribution in [2.45, 2.75) is 37.4 Å². The second kappa shape index (κ2) is 5.22. The number of morpholine rings is 1. The van der Waals surface area contributed by atoms with Crippen molar-refractivity contribution in [2.75, 3.05) is 18.8 Å². The second-order valence-corrected chi connectivity index (χ2v) is 7.26. The zero-order chi connectivity index (χ0) is 14.1. The van der Waals surface area contributed by atoms with Crippen molar-refractivity contribution in [1.29, 1.82) is 0 Å². The molecule has 1 N–H and O–H groups in total. The molecule has 108 valence electrons. The smallest absolute Gasteiger partial charge is 0.334 e. The Bertz CT molecular complexity index is 469. The van der Waals surface area contributed by atoms with Crippen LogP contribution in [-0.4, -0.2) is 54.3 Å². The standard InChI is InChI=1S/C12H19NO5S/c1-2-3-7-19(16,17)13-8-10(11(14)15)18-12(9-13)5-4-6-12/h2,10H,1,3-9H2,(H,14,15). The van der Waals surface area contributed by atoms with Crippen LogP contribution in [0.4, 0.5) is 0 Å². The third kappa shape index (κ3) is 2.98. The fourth-order valence-electron chi connectivity index (χ4n) is 2.50. The van der Waals surface area contributed by atoms with E-state index in [-0.39, 0.29) is 18.8 Å². The van der Waals surface area contributed by atoms with E-state index in [9.17, 15) is 13.2 Å². The zero-order valence-corrected chi connectivity index (χ0v) is 11.6. The molecule has 1 heterocycles. The summed E-state index contributed by atoms with van der Waals surface area (Å²) in [7, 11) is -3.44. The lowest BCUT2D eigenvalue weighted by Crippen LogP contribution is -2.61. The first kappa shape index (κ1) is 14.5. The average Bonchev–Trinajstić information content (AvgIpc) is 2.34. The number of rotatable bonds is 5. The summed E-state index contributed by atoms with van der Waals surface area (Å²) in [5.41, 5.74) is -0.581. The van der Waals surface area contributed by atoms with Crippen LogP contribution in [-0.2, 0) is 19.6 Å². The van der Waals surface area contributed by atoms with Crippen molar-refractivity contribution >= 4 is 16.0 Å². The van der Waals surface area contributed by atoms with E-state index in [1.165, 1.54) is 4.31 Å². The number of hydrogen-bond acceptors (Lipinski definition) is 4. The van der Waals surface area contributed by atoms with Crippen LogP contribution in [0.2, 0.25) is 0 Å². The number of ether oxygens (including phenoxy) is 1. The van der Waals surface area contributed by atoms with E-state index in [2.05, 4.69) is 6.58 Å². The lowest BCUT2D eigenvalue weighted by atomic mass is 9.79. The molecular formula is C12H19NO5S. The molecule has 1 spiro atoms. The normalized spacial score (nSPS) is 26.8. The number of nitrogens with zero attached hydrogens (tertiary/aromatic N) is 1.